The number of ether oxygens (including phenoxy) is 1. The summed E-state index contributed by atoms with van der Waals surface area (Å²) in [5.41, 5.74) is 0.800. The van der Waals surface area contributed by atoms with E-state index in [1.54, 1.807) is 6.07 Å². The largest absolute Gasteiger partial charge is 0.379 e. The number of rotatable bonds is 5. The van der Waals surface area contributed by atoms with Gasteiger partial charge in [0.05, 0.1) is 18.1 Å². The minimum Gasteiger partial charge on any atom is -0.379 e. The minimum atomic E-state index is -3.68. The van der Waals surface area contributed by atoms with Crippen LogP contribution in [0.15, 0.2) is 17.0 Å². The molecule has 0 unspecified atom stereocenters. The van der Waals surface area contributed by atoms with Crippen molar-refractivity contribution in [1.82, 2.24) is 9.62 Å². The van der Waals surface area contributed by atoms with Crippen LogP contribution in [0.2, 0.25) is 0 Å². The number of halogens is 1. The van der Waals surface area contributed by atoms with Crippen LogP contribution in [0.25, 0.3) is 0 Å². The lowest BCUT2D eigenvalue weighted by atomic mass is 10.1. The van der Waals surface area contributed by atoms with E-state index in [1.165, 1.54) is 17.3 Å². The van der Waals surface area contributed by atoms with Gasteiger partial charge in [-0.05, 0) is 31.2 Å². The van der Waals surface area contributed by atoms with Crippen molar-refractivity contribution in [3.05, 3.63) is 29.1 Å². The third-order valence-corrected chi connectivity index (χ3v) is 5.55. The number of hydrogen-bond donors (Lipinski definition) is 1. The number of nitrogens with zero attached hydrogens (tertiary/aromatic N) is 1. The van der Waals surface area contributed by atoms with Gasteiger partial charge in [0.2, 0.25) is 10.0 Å². The van der Waals surface area contributed by atoms with E-state index in [0.717, 1.165) is 6.54 Å². The smallest absolute Gasteiger partial charge is 0.243 e. The highest BCUT2D eigenvalue weighted by atomic mass is 32.2. The van der Waals surface area contributed by atoms with E-state index in [9.17, 15) is 12.8 Å². The summed E-state index contributed by atoms with van der Waals surface area (Å²) in [6, 6.07) is 2.95. The predicted octanol–water partition coefficient (Wildman–Crippen LogP) is 1.26. The summed E-state index contributed by atoms with van der Waals surface area (Å²) in [4.78, 5) is 0.0531. The van der Waals surface area contributed by atoms with Crippen molar-refractivity contribution in [2.45, 2.75) is 25.3 Å². The molecule has 0 aliphatic carbocycles. The molecule has 0 aromatic heterocycles. The van der Waals surface area contributed by atoms with Gasteiger partial charge in [-0.2, -0.15) is 4.31 Å². The van der Waals surface area contributed by atoms with Crippen LogP contribution in [0, 0.1) is 12.7 Å². The number of morpholine rings is 1. The second-order valence-electron chi connectivity index (χ2n) is 5.00. The maximum absolute atomic E-state index is 14.0. The molecule has 0 saturated carbocycles. The highest BCUT2D eigenvalue weighted by molar-refractivity contribution is 7.89. The maximum Gasteiger partial charge on any atom is 0.243 e. The molecule has 21 heavy (non-hydrogen) atoms. The molecule has 0 amide bonds. The van der Waals surface area contributed by atoms with Gasteiger partial charge in [-0.3, -0.25) is 0 Å². The molecule has 1 aromatic carbocycles. The molecule has 1 fully saturated rings. The first kappa shape index (κ1) is 16.4. The van der Waals surface area contributed by atoms with Gasteiger partial charge in [0, 0.05) is 25.2 Å². The highest BCUT2D eigenvalue weighted by Crippen LogP contribution is 2.24. The Bertz CT molecular complexity index is 598. The van der Waals surface area contributed by atoms with E-state index in [-0.39, 0.29) is 10.5 Å². The van der Waals surface area contributed by atoms with Crippen molar-refractivity contribution in [1.29, 1.82) is 0 Å². The Morgan fingerprint density at radius 3 is 2.62 bits per heavy atom. The fraction of sp³-hybridized carbons (Fsp3) is 0.571. The topological polar surface area (TPSA) is 58.6 Å². The molecule has 0 atom stereocenters. The van der Waals surface area contributed by atoms with Crippen LogP contribution >= 0.6 is 0 Å². The van der Waals surface area contributed by atoms with Gasteiger partial charge in [-0.15, -0.1) is 0 Å². The lowest BCUT2D eigenvalue weighted by Gasteiger charge is -2.27. The standard InChI is InChI=1S/C14H21FN2O3S/c1-3-16-10-12-8-13(15)11(2)14(9-12)21(18,19)17-4-6-20-7-5-17/h8-9,16H,3-7,10H2,1-2H3. The average molecular weight is 316 g/mol. The Labute approximate surface area is 125 Å². The summed E-state index contributed by atoms with van der Waals surface area (Å²) in [6.07, 6.45) is 0. The zero-order valence-electron chi connectivity index (χ0n) is 12.4. The summed E-state index contributed by atoms with van der Waals surface area (Å²) in [5.74, 6) is -0.489. The van der Waals surface area contributed by atoms with Crippen LogP contribution in [-0.2, 0) is 21.3 Å². The summed E-state index contributed by atoms with van der Waals surface area (Å²) < 4.78 is 45.9. The van der Waals surface area contributed by atoms with E-state index >= 15 is 0 Å². The highest BCUT2D eigenvalue weighted by Gasteiger charge is 2.29. The van der Waals surface area contributed by atoms with E-state index in [0.29, 0.717) is 38.4 Å². The van der Waals surface area contributed by atoms with Crippen molar-refractivity contribution >= 4 is 10.0 Å². The monoisotopic (exact) mass is 316 g/mol. The summed E-state index contributed by atoms with van der Waals surface area (Å²) >= 11 is 0. The average Bonchev–Trinajstić information content (AvgIpc) is 2.49. The van der Waals surface area contributed by atoms with Crippen LogP contribution < -0.4 is 5.32 Å². The summed E-state index contributed by atoms with van der Waals surface area (Å²) in [5, 5.41) is 3.07. The SMILES string of the molecule is CCNCc1cc(F)c(C)c(S(=O)(=O)N2CCOCC2)c1. The Morgan fingerprint density at radius 1 is 1.33 bits per heavy atom. The van der Waals surface area contributed by atoms with Crippen LogP contribution in [0.5, 0.6) is 0 Å². The van der Waals surface area contributed by atoms with Crippen molar-refractivity contribution in [2.24, 2.45) is 0 Å². The summed E-state index contributed by atoms with van der Waals surface area (Å²) in [7, 11) is -3.68. The van der Waals surface area contributed by atoms with Gasteiger partial charge in [0.15, 0.2) is 0 Å². The Morgan fingerprint density at radius 2 is 2.00 bits per heavy atom. The molecule has 5 nitrogen and oxygen atoms in total. The zero-order chi connectivity index (χ0) is 15.5. The molecule has 0 radical (unpaired) electrons. The van der Waals surface area contributed by atoms with Crippen LogP contribution in [0.1, 0.15) is 18.1 Å². The molecule has 0 bridgehead atoms. The lowest BCUT2D eigenvalue weighted by molar-refractivity contribution is 0.0730. The van der Waals surface area contributed by atoms with Crippen LogP contribution in [0.4, 0.5) is 4.39 Å². The fourth-order valence-corrected chi connectivity index (χ4v) is 3.97. The minimum absolute atomic E-state index is 0.0531. The van der Waals surface area contributed by atoms with Gasteiger partial charge in [0.1, 0.15) is 5.82 Å². The van der Waals surface area contributed by atoms with Crippen molar-refractivity contribution in [3.8, 4) is 0 Å². The molecular weight excluding hydrogens is 295 g/mol. The first-order valence-electron chi connectivity index (χ1n) is 7.04. The Balaban J connectivity index is 2.38. The van der Waals surface area contributed by atoms with Gasteiger partial charge in [0.25, 0.3) is 0 Å². The fourth-order valence-electron chi connectivity index (χ4n) is 2.27. The van der Waals surface area contributed by atoms with Gasteiger partial charge in [-0.25, -0.2) is 12.8 Å². The molecule has 1 aliphatic rings. The Hall–Kier alpha value is -1.02. The first-order chi connectivity index (χ1) is 9.96. The lowest BCUT2D eigenvalue weighted by Crippen LogP contribution is -2.41. The van der Waals surface area contributed by atoms with E-state index in [4.69, 9.17) is 4.74 Å². The number of nitrogens with one attached hydrogen (secondary N) is 1. The Kier molecular flexibility index (Phi) is 5.32. The second-order valence-corrected chi connectivity index (χ2v) is 6.90. The van der Waals surface area contributed by atoms with Crippen LogP contribution in [0.3, 0.4) is 0 Å². The molecule has 7 heteroatoms. The van der Waals surface area contributed by atoms with Crippen molar-refractivity contribution < 1.29 is 17.5 Å². The van der Waals surface area contributed by atoms with Crippen LogP contribution in [-0.4, -0.2) is 45.6 Å². The van der Waals surface area contributed by atoms with Crippen molar-refractivity contribution in [3.63, 3.8) is 0 Å². The van der Waals surface area contributed by atoms with E-state index in [1.807, 2.05) is 6.92 Å². The molecule has 1 N–H and O–H groups in total. The van der Waals surface area contributed by atoms with E-state index in [2.05, 4.69) is 5.32 Å². The zero-order valence-corrected chi connectivity index (χ0v) is 13.2. The van der Waals surface area contributed by atoms with Gasteiger partial charge in [-0.1, -0.05) is 6.92 Å². The van der Waals surface area contributed by atoms with Gasteiger partial charge < -0.3 is 10.1 Å². The molecule has 1 aliphatic heterocycles. The number of sulfonamides is 1. The molecule has 118 valence electrons. The molecular formula is C14H21FN2O3S. The van der Waals surface area contributed by atoms with Gasteiger partial charge >= 0.3 is 0 Å². The summed E-state index contributed by atoms with van der Waals surface area (Å²) in [6.45, 7) is 5.98. The normalized spacial score (nSPS) is 17.1. The number of benzene rings is 1. The molecule has 1 aromatic rings. The quantitative estimate of drug-likeness (QED) is 0.889. The first-order valence-corrected chi connectivity index (χ1v) is 8.48. The van der Waals surface area contributed by atoms with E-state index < -0.39 is 15.8 Å². The number of hydrogen-bond acceptors (Lipinski definition) is 4. The second kappa shape index (κ2) is 6.83. The molecule has 2 rings (SSSR count). The molecule has 1 saturated heterocycles. The third-order valence-electron chi connectivity index (χ3n) is 3.52. The molecule has 1 heterocycles. The maximum atomic E-state index is 14.0. The molecule has 0 spiro atoms. The predicted molar refractivity (Wildman–Crippen MR) is 78.1 cm³/mol. The van der Waals surface area contributed by atoms with Crippen molar-refractivity contribution in [2.75, 3.05) is 32.8 Å². The third kappa shape index (κ3) is 3.60.